The van der Waals surface area contributed by atoms with Crippen molar-refractivity contribution in [1.82, 2.24) is 40.8 Å². The van der Waals surface area contributed by atoms with Crippen molar-refractivity contribution in [3.63, 3.8) is 0 Å². The van der Waals surface area contributed by atoms with Crippen molar-refractivity contribution in [3.05, 3.63) is 169 Å². The van der Waals surface area contributed by atoms with Crippen LogP contribution in [0.2, 0.25) is 0 Å². The van der Waals surface area contributed by atoms with E-state index in [0.717, 1.165) is 44.3 Å². The molecule has 18 heteroatoms. The van der Waals surface area contributed by atoms with E-state index in [1.165, 1.54) is 38.1 Å². The normalized spacial score (nSPS) is 12.6. The van der Waals surface area contributed by atoms with Crippen molar-refractivity contribution in [2.24, 2.45) is 0 Å². The number of methoxy groups -OCH3 is 2. The van der Waals surface area contributed by atoms with Gasteiger partial charge in [-0.2, -0.15) is 10.2 Å². The first-order valence-corrected chi connectivity index (χ1v) is 22.8. The summed E-state index contributed by atoms with van der Waals surface area (Å²) in [5.41, 5.74) is 4.77. The second kappa shape index (κ2) is 23.7. The molecule has 0 saturated heterocycles. The number of amides is 4. The number of hydrogen-bond donors (Lipinski definition) is 4. The maximum Gasteiger partial charge on any atom is 0.239 e. The fourth-order valence-corrected chi connectivity index (χ4v) is 7.76. The fourth-order valence-electron chi connectivity index (χ4n) is 7.76. The molecule has 0 aliphatic rings. The number of ether oxygens (including phenoxy) is 4. The topological polar surface area (TPSA) is 189 Å². The molecule has 6 aromatic carbocycles. The smallest absolute Gasteiger partial charge is 0.239 e. The number of nitrogens with one attached hydrogen (secondary N) is 4. The zero-order chi connectivity index (χ0) is 51.3. The lowest BCUT2D eigenvalue weighted by atomic mass is 10.0. The van der Waals surface area contributed by atoms with Gasteiger partial charge in [-0.3, -0.25) is 19.2 Å². The van der Waals surface area contributed by atoms with Gasteiger partial charge in [0.15, 0.2) is 0 Å². The summed E-state index contributed by atoms with van der Waals surface area (Å²) in [5, 5.41) is 21.3. The number of carbonyl (C=O) groups excluding carboxylic acids is 4. The molecule has 0 radical (unpaired) electrons. The molecule has 8 rings (SSSR count). The van der Waals surface area contributed by atoms with E-state index >= 15 is 0 Å². The van der Waals surface area contributed by atoms with E-state index in [1.54, 1.807) is 60.2 Å². The summed E-state index contributed by atoms with van der Waals surface area (Å²) in [7, 11) is 3.17. The van der Waals surface area contributed by atoms with Gasteiger partial charge in [0.1, 0.15) is 46.8 Å². The minimum absolute atomic E-state index is 0.126. The highest BCUT2D eigenvalue weighted by Gasteiger charge is 2.26. The molecule has 2 aromatic heterocycles. The van der Waals surface area contributed by atoms with E-state index < -0.39 is 24.3 Å². The largest absolute Gasteiger partial charge is 0.497 e. The van der Waals surface area contributed by atoms with Crippen LogP contribution in [0.15, 0.2) is 146 Å². The molecular weight excluding hydrogens is 927 g/mol. The number of rotatable bonds is 18. The molecule has 0 unspecified atom stereocenters. The summed E-state index contributed by atoms with van der Waals surface area (Å²) in [6.45, 7) is 6.13. The Morgan fingerprint density at radius 2 is 0.917 bits per heavy atom. The van der Waals surface area contributed by atoms with E-state index in [2.05, 4.69) is 31.5 Å². The van der Waals surface area contributed by atoms with Crippen LogP contribution in [-0.4, -0.2) is 82.6 Å². The molecule has 72 heavy (non-hydrogen) atoms. The van der Waals surface area contributed by atoms with Gasteiger partial charge in [0.25, 0.3) is 0 Å². The van der Waals surface area contributed by atoms with Crippen molar-refractivity contribution in [2.75, 3.05) is 27.3 Å². The maximum atomic E-state index is 13.3. The third kappa shape index (κ3) is 13.3. The molecule has 4 atom stereocenters. The molecular formula is C54H54F2N8O8. The second-order valence-corrected chi connectivity index (χ2v) is 16.7. The van der Waals surface area contributed by atoms with Crippen LogP contribution in [0.4, 0.5) is 8.78 Å². The number of carbonyl (C=O) groups is 4. The van der Waals surface area contributed by atoms with Crippen LogP contribution in [-0.2, 0) is 19.2 Å². The quantitative estimate of drug-likeness (QED) is 0.0659. The van der Waals surface area contributed by atoms with Crippen LogP contribution in [0.3, 0.4) is 0 Å². The Kier molecular flexibility index (Phi) is 16.8. The zero-order valence-corrected chi connectivity index (χ0v) is 40.4. The van der Waals surface area contributed by atoms with Crippen LogP contribution in [0.1, 0.15) is 51.0 Å². The van der Waals surface area contributed by atoms with Crippen LogP contribution < -0.4 is 40.2 Å². The predicted molar refractivity (Wildman–Crippen MR) is 267 cm³/mol. The molecule has 0 aliphatic carbocycles. The second-order valence-electron chi connectivity index (χ2n) is 16.7. The summed E-state index contributed by atoms with van der Waals surface area (Å²) in [4.78, 5) is 47.0. The highest BCUT2D eigenvalue weighted by atomic mass is 19.1. The van der Waals surface area contributed by atoms with Gasteiger partial charge in [-0.15, -0.1) is 0 Å². The molecule has 8 aromatic rings. The zero-order valence-electron chi connectivity index (χ0n) is 40.4. The Morgan fingerprint density at radius 3 is 1.28 bits per heavy atom. The fraction of sp³-hybridized carbons (Fsp3) is 0.222. The highest BCUT2D eigenvalue weighted by Crippen LogP contribution is 2.32. The lowest BCUT2D eigenvalue weighted by molar-refractivity contribution is -0.125. The Hall–Kier alpha value is -8.80. The molecule has 0 saturated carbocycles. The third-order valence-electron chi connectivity index (χ3n) is 11.3. The number of benzene rings is 6. The molecule has 0 aliphatic heterocycles. The minimum atomic E-state index is -0.550. The van der Waals surface area contributed by atoms with E-state index in [-0.39, 0.29) is 48.4 Å². The van der Waals surface area contributed by atoms with Crippen LogP contribution in [0, 0.1) is 11.6 Å². The first kappa shape index (κ1) is 51.1. The first-order valence-electron chi connectivity index (χ1n) is 22.8. The van der Waals surface area contributed by atoms with Crippen molar-refractivity contribution in [2.45, 2.75) is 52.0 Å². The Morgan fingerprint density at radius 1 is 0.528 bits per heavy atom. The lowest BCUT2D eigenvalue weighted by Gasteiger charge is -2.27. The number of aromatic nitrogens is 4. The van der Waals surface area contributed by atoms with Crippen LogP contribution in [0.5, 0.6) is 23.0 Å². The molecule has 4 N–H and O–H groups in total. The average Bonchev–Trinajstić information content (AvgIpc) is 4.01. The monoisotopic (exact) mass is 980 g/mol. The number of hydrogen-bond acceptors (Lipinski definition) is 10. The summed E-state index contributed by atoms with van der Waals surface area (Å²) in [6, 6.07) is 37.3. The highest BCUT2D eigenvalue weighted by molar-refractivity contribution is 5.85. The summed E-state index contributed by atoms with van der Waals surface area (Å²) < 4.78 is 53.6. The van der Waals surface area contributed by atoms with Crippen LogP contribution in [0.25, 0.3) is 33.2 Å². The van der Waals surface area contributed by atoms with Crippen LogP contribution >= 0.6 is 0 Å². The molecule has 4 amide bonds. The Labute approximate surface area is 414 Å². The number of fused-ring (bicyclic) bond motifs is 2. The average molecular weight is 981 g/mol. The molecule has 16 nitrogen and oxygen atoms in total. The Bertz CT molecular complexity index is 2950. The minimum Gasteiger partial charge on any atom is -0.497 e. The van der Waals surface area contributed by atoms with Gasteiger partial charge < -0.3 is 40.2 Å². The van der Waals surface area contributed by atoms with Crippen molar-refractivity contribution in [1.29, 1.82) is 0 Å². The van der Waals surface area contributed by atoms with E-state index in [9.17, 15) is 28.0 Å². The van der Waals surface area contributed by atoms with Crippen molar-refractivity contribution >= 4 is 45.4 Å². The van der Waals surface area contributed by atoms with E-state index in [1.807, 2.05) is 98.8 Å². The molecule has 0 spiro atoms. The third-order valence-corrected chi connectivity index (χ3v) is 11.3. The van der Waals surface area contributed by atoms with Gasteiger partial charge in [0, 0.05) is 24.6 Å². The maximum absolute atomic E-state index is 13.3. The number of nitrogens with zero attached hydrogens (tertiary/aromatic N) is 4. The van der Waals surface area contributed by atoms with Crippen molar-refractivity contribution in [3.8, 4) is 34.4 Å². The summed E-state index contributed by atoms with van der Waals surface area (Å²) in [5.74, 6) is 0.633. The molecule has 2 heterocycles. The number of halogens is 2. The summed E-state index contributed by atoms with van der Waals surface area (Å²) >= 11 is 0. The van der Waals surface area contributed by atoms with Gasteiger partial charge in [0.05, 0.1) is 74.2 Å². The van der Waals surface area contributed by atoms with Gasteiger partial charge in [-0.1, -0.05) is 24.3 Å². The summed E-state index contributed by atoms with van der Waals surface area (Å²) in [6.07, 6.45) is 2.33. The van der Waals surface area contributed by atoms with Crippen molar-refractivity contribution < 1.29 is 46.9 Å². The molecule has 0 bridgehead atoms. The first-order chi connectivity index (χ1) is 34.7. The van der Waals surface area contributed by atoms with Gasteiger partial charge in [0.2, 0.25) is 23.6 Å². The van der Waals surface area contributed by atoms with Gasteiger partial charge >= 0.3 is 0 Å². The van der Waals surface area contributed by atoms with E-state index in [4.69, 9.17) is 18.9 Å². The molecule has 372 valence electrons. The van der Waals surface area contributed by atoms with E-state index in [0.29, 0.717) is 23.0 Å². The van der Waals surface area contributed by atoms with Gasteiger partial charge in [-0.05, 0) is 134 Å². The lowest BCUT2D eigenvalue weighted by Crippen LogP contribution is -2.44. The van der Waals surface area contributed by atoms with Gasteiger partial charge in [-0.25, -0.2) is 18.1 Å². The SMILES string of the molecule is COc1cccc([C@@H](Oc2ccc3c(cnn3-c3ccc(F)cc3)c2)[C@H](C)NC(=O)CNC(C)=O)c1.COc1cccc([C@@H](Oc2ccc3c(cnn3-c3ccc(F)cc3)c2)[C@H](C)NC(=O)CNC(C)=O)c1. The Balaban J connectivity index is 0.000000211. The predicted octanol–water partition coefficient (Wildman–Crippen LogP) is 7.87. The standard InChI is InChI=1S/2C27H27FN4O4/c2*1-17(31-26(34)16-29-18(2)33)27(19-5-4-6-23(13-19)35-3)36-24-11-12-25-20(14-24)15-30-32(25)22-9-7-21(28)8-10-22/h2*4-15,17,27H,16H2,1-3H3,(H,29,33)(H,31,34)/t2*17-,27-/m00/s1. The molecule has 0 fully saturated rings.